The largest absolute Gasteiger partial charge is 0.508 e. The average Bonchev–Trinajstić information content (AvgIpc) is 2.47. The number of carbonyl (C=O) groups excluding carboxylic acids is 1. The first-order valence-corrected chi connectivity index (χ1v) is 12.1. The van der Waals surface area contributed by atoms with Crippen LogP contribution in [0.3, 0.4) is 0 Å². The van der Waals surface area contributed by atoms with E-state index in [0.717, 1.165) is 25.7 Å². The van der Waals surface area contributed by atoms with Crippen molar-refractivity contribution in [3.05, 3.63) is 0 Å². The van der Waals surface area contributed by atoms with Crippen LogP contribution in [-0.4, -0.2) is 59.2 Å². The van der Waals surface area contributed by atoms with Crippen molar-refractivity contribution in [2.24, 2.45) is 0 Å². The Bertz CT molecular complexity index is 490. The summed E-state index contributed by atoms with van der Waals surface area (Å²) in [4.78, 5) is 11.3. The minimum Gasteiger partial charge on any atom is -0.433 e. The first-order valence-electron chi connectivity index (χ1n) is 8.43. The Hall–Kier alpha value is -0.830. The lowest BCUT2D eigenvalue weighted by Crippen LogP contribution is -2.21. The molecule has 144 valence electrons. The van der Waals surface area contributed by atoms with Gasteiger partial charge in [0, 0.05) is 0 Å². The molecule has 0 saturated carbocycles. The van der Waals surface area contributed by atoms with Crippen LogP contribution in [0, 0.1) is 0 Å². The number of hydrogen-bond acceptors (Lipinski definition) is 7. The first kappa shape index (κ1) is 23.2. The smallest absolute Gasteiger partial charge is 0.433 e. The molecule has 0 aromatic carbocycles. The number of ether oxygens (including phenoxy) is 2. The van der Waals surface area contributed by atoms with Crippen molar-refractivity contribution in [1.82, 2.24) is 0 Å². The van der Waals surface area contributed by atoms with Gasteiger partial charge in [-0.05, 0) is 12.8 Å². The molecule has 0 bridgehead atoms. The van der Waals surface area contributed by atoms with Gasteiger partial charge in [0.05, 0.1) is 23.0 Å². The number of sulfone groups is 2. The van der Waals surface area contributed by atoms with Crippen molar-refractivity contribution >= 4 is 25.8 Å². The quantitative estimate of drug-likeness (QED) is 0.333. The second-order valence-corrected chi connectivity index (χ2v) is 10.3. The summed E-state index contributed by atoms with van der Waals surface area (Å²) < 4.78 is 55.9. The molecule has 0 rings (SSSR count). The molecule has 0 atom stereocenters. The maximum atomic E-state index is 11.6. The lowest BCUT2D eigenvalue weighted by atomic mass is 10.3. The highest BCUT2D eigenvalue weighted by Gasteiger charge is 2.14. The molecular weight excluding hydrogens is 356 g/mol. The van der Waals surface area contributed by atoms with Gasteiger partial charge in [-0.2, -0.15) is 0 Å². The van der Waals surface area contributed by atoms with Gasteiger partial charge in [0.15, 0.2) is 19.7 Å². The van der Waals surface area contributed by atoms with E-state index in [1.165, 1.54) is 0 Å². The van der Waals surface area contributed by atoms with Crippen molar-refractivity contribution < 1.29 is 31.1 Å². The zero-order valence-electron chi connectivity index (χ0n) is 14.7. The number of carbonyl (C=O) groups is 1. The lowest BCUT2D eigenvalue weighted by molar-refractivity contribution is 0.0640. The molecule has 0 aliphatic carbocycles. The summed E-state index contributed by atoms with van der Waals surface area (Å²) in [7, 11) is -6.47. The summed E-state index contributed by atoms with van der Waals surface area (Å²) in [6, 6.07) is 0. The number of hydrogen-bond donors (Lipinski definition) is 0. The second-order valence-electron chi connectivity index (χ2n) is 5.66. The van der Waals surface area contributed by atoms with Crippen LogP contribution in [-0.2, 0) is 29.1 Å². The van der Waals surface area contributed by atoms with Crippen LogP contribution in [0.2, 0.25) is 0 Å². The summed E-state index contributed by atoms with van der Waals surface area (Å²) in [6.07, 6.45) is 3.70. The minimum absolute atomic E-state index is 0.0786. The van der Waals surface area contributed by atoms with Crippen molar-refractivity contribution in [2.45, 2.75) is 52.4 Å². The van der Waals surface area contributed by atoms with Gasteiger partial charge in [0.1, 0.15) is 13.2 Å². The lowest BCUT2D eigenvalue weighted by Gasteiger charge is -2.07. The van der Waals surface area contributed by atoms with Crippen molar-refractivity contribution in [3.8, 4) is 0 Å². The van der Waals surface area contributed by atoms with E-state index >= 15 is 0 Å². The minimum atomic E-state index is -3.23. The predicted octanol–water partition coefficient (Wildman–Crippen LogP) is 2.35. The summed E-state index contributed by atoms with van der Waals surface area (Å²) in [5, 5.41) is 0. The van der Waals surface area contributed by atoms with Crippen molar-refractivity contribution in [3.63, 3.8) is 0 Å². The van der Waals surface area contributed by atoms with Gasteiger partial charge < -0.3 is 9.47 Å². The maximum absolute atomic E-state index is 11.6. The third-order valence-electron chi connectivity index (χ3n) is 3.35. The zero-order valence-corrected chi connectivity index (χ0v) is 16.3. The standard InChI is InChI=1S/C15H30O7S2/c1-3-5-7-11-23(17,18)13-9-21-15(16)22-10-14-24(19,20)12-8-6-4-2/h3-14H2,1-2H3. The molecular formula is C15H30O7S2. The third-order valence-corrected chi connectivity index (χ3v) is 6.75. The zero-order chi connectivity index (χ0) is 18.5. The normalized spacial score (nSPS) is 12.1. The van der Waals surface area contributed by atoms with Gasteiger partial charge in [-0.3, -0.25) is 0 Å². The Morgan fingerprint density at radius 1 is 0.667 bits per heavy atom. The Balaban J connectivity index is 3.87. The van der Waals surface area contributed by atoms with E-state index in [4.69, 9.17) is 0 Å². The summed E-state index contributed by atoms with van der Waals surface area (Å²) in [6.45, 7) is 3.40. The molecule has 7 nitrogen and oxygen atoms in total. The Morgan fingerprint density at radius 2 is 1.04 bits per heavy atom. The molecule has 0 amide bonds. The molecule has 0 radical (unpaired) electrons. The van der Waals surface area contributed by atoms with Crippen molar-refractivity contribution in [1.29, 1.82) is 0 Å². The van der Waals surface area contributed by atoms with E-state index in [0.29, 0.717) is 12.8 Å². The molecule has 0 fully saturated rings. The molecule has 24 heavy (non-hydrogen) atoms. The molecule has 9 heteroatoms. The fourth-order valence-electron chi connectivity index (χ4n) is 1.89. The monoisotopic (exact) mass is 386 g/mol. The van der Waals surface area contributed by atoms with Crippen LogP contribution in [0.5, 0.6) is 0 Å². The van der Waals surface area contributed by atoms with Gasteiger partial charge in [0.25, 0.3) is 0 Å². The van der Waals surface area contributed by atoms with Gasteiger partial charge in [-0.25, -0.2) is 21.6 Å². The van der Waals surface area contributed by atoms with Crippen LogP contribution in [0.15, 0.2) is 0 Å². The molecule has 0 spiro atoms. The fourth-order valence-corrected chi connectivity index (χ4v) is 4.26. The number of unbranched alkanes of at least 4 members (excludes halogenated alkanes) is 4. The summed E-state index contributed by atoms with van der Waals surface area (Å²) in [5.41, 5.74) is 0. The first-order chi connectivity index (χ1) is 11.2. The Labute approximate surface area is 145 Å². The second kappa shape index (κ2) is 12.5. The van der Waals surface area contributed by atoms with Crippen LogP contribution < -0.4 is 0 Å². The molecule has 0 aliphatic heterocycles. The van der Waals surface area contributed by atoms with Gasteiger partial charge in [0.2, 0.25) is 0 Å². The highest BCUT2D eigenvalue weighted by atomic mass is 32.2. The maximum Gasteiger partial charge on any atom is 0.508 e. The van der Waals surface area contributed by atoms with E-state index in [9.17, 15) is 21.6 Å². The summed E-state index contributed by atoms with van der Waals surface area (Å²) in [5.74, 6) is -0.341. The third kappa shape index (κ3) is 13.6. The van der Waals surface area contributed by atoms with Gasteiger partial charge in [-0.1, -0.05) is 39.5 Å². The molecule has 0 unspecified atom stereocenters. The fraction of sp³-hybridized carbons (Fsp3) is 0.933. The van der Waals surface area contributed by atoms with Crippen LogP contribution in [0.4, 0.5) is 4.79 Å². The highest BCUT2D eigenvalue weighted by molar-refractivity contribution is 7.91. The van der Waals surface area contributed by atoms with E-state index in [1.807, 2.05) is 13.8 Å². The van der Waals surface area contributed by atoms with Crippen LogP contribution >= 0.6 is 0 Å². The van der Waals surface area contributed by atoms with Crippen LogP contribution in [0.1, 0.15) is 52.4 Å². The molecule has 0 N–H and O–H groups in total. The van der Waals surface area contributed by atoms with Crippen molar-refractivity contribution in [2.75, 3.05) is 36.2 Å². The Kier molecular flexibility index (Phi) is 12.1. The Morgan fingerprint density at radius 3 is 1.38 bits per heavy atom. The summed E-state index contributed by atoms with van der Waals surface area (Å²) >= 11 is 0. The van der Waals surface area contributed by atoms with Crippen LogP contribution in [0.25, 0.3) is 0 Å². The van der Waals surface area contributed by atoms with E-state index < -0.39 is 25.8 Å². The van der Waals surface area contributed by atoms with E-state index in [1.54, 1.807) is 0 Å². The topological polar surface area (TPSA) is 104 Å². The molecule has 0 saturated heterocycles. The van der Waals surface area contributed by atoms with E-state index in [-0.39, 0.29) is 36.2 Å². The molecule has 0 aromatic rings. The van der Waals surface area contributed by atoms with Gasteiger partial charge >= 0.3 is 6.16 Å². The number of rotatable bonds is 14. The van der Waals surface area contributed by atoms with Gasteiger partial charge in [-0.15, -0.1) is 0 Å². The predicted molar refractivity (Wildman–Crippen MR) is 93.7 cm³/mol. The molecule has 0 aromatic heterocycles. The molecule has 0 aliphatic rings. The van der Waals surface area contributed by atoms with E-state index in [2.05, 4.69) is 9.47 Å². The average molecular weight is 387 g/mol. The highest BCUT2D eigenvalue weighted by Crippen LogP contribution is 2.02. The molecule has 0 heterocycles. The SMILES string of the molecule is CCCCCS(=O)(=O)CCOC(=O)OCCS(=O)(=O)CCCCC.